The third-order valence-electron chi connectivity index (χ3n) is 8.07. The largest absolute Gasteiger partial charge is 0.437 e. The van der Waals surface area contributed by atoms with Crippen LogP contribution in [0.3, 0.4) is 0 Å². The number of carbonyl (C=O) groups excluding carboxylic acids is 1. The molecule has 2 aliphatic rings. The van der Waals surface area contributed by atoms with E-state index in [1.807, 2.05) is 9.71 Å². The number of amides is 1. The van der Waals surface area contributed by atoms with Crippen LogP contribution in [0.2, 0.25) is 6.82 Å². The van der Waals surface area contributed by atoms with Gasteiger partial charge in [0.15, 0.2) is 0 Å². The van der Waals surface area contributed by atoms with Gasteiger partial charge in [0.1, 0.15) is 0 Å². The maximum Gasteiger partial charge on any atom is 0.376 e. The third-order valence-corrected chi connectivity index (χ3v) is 8.07. The highest BCUT2D eigenvalue weighted by atomic mass is 16.3. The third kappa shape index (κ3) is 6.20. The van der Waals surface area contributed by atoms with Crippen LogP contribution in [0.5, 0.6) is 0 Å². The fraction of sp³-hybridized carbons (Fsp3) is 0.552. The van der Waals surface area contributed by atoms with Gasteiger partial charge in [0.25, 0.3) is 0 Å². The maximum atomic E-state index is 13.6. The standard InChI is InChI=1S/C29H42BN3O3/c1-28(2,3)25-22-31(27(23-11-7-5-8-12-23)24-13-9-6-10-14-24)19-20-33(25)26(34)21-29(35)15-17-32(18-16-29)30(4)36/h5-14,25,27,35-36H,15-22H2,1-4H3/t25-/m1/s1. The molecule has 6 nitrogen and oxygen atoms in total. The van der Waals surface area contributed by atoms with Crippen molar-refractivity contribution in [2.45, 2.75) is 64.5 Å². The SMILES string of the molecule is CB(O)N1CCC(O)(CC(=O)N2CCN(C(c3ccccc3)c3ccccc3)C[C@@H]2C(C)(C)C)CC1. The van der Waals surface area contributed by atoms with Crippen molar-refractivity contribution in [3.63, 3.8) is 0 Å². The van der Waals surface area contributed by atoms with E-state index in [9.17, 15) is 14.9 Å². The molecule has 7 heteroatoms. The zero-order valence-electron chi connectivity index (χ0n) is 22.3. The normalized spacial score (nSPS) is 21.5. The van der Waals surface area contributed by atoms with Crippen LogP contribution in [0.4, 0.5) is 0 Å². The molecule has 2 aliphatic heterocycles. The van der Waals surface area contributed by atoms with Gasteiger partial charge in [-0.25, -0.2) is 0 Å². The Morgan fingerprint density at radius 2 is 1.50 bits per heavy atom. The Balaban J connectivity index is 1.53. The minimum atomic E-state index is -1.00. The van der Waals surface area contributed by atoms with Crippen LogP contribution in [0, 0.1) is 5.41 Å². The number of hydrogen-bond acceptors (Lipinski definition) is 5. The second-order valence-corrected chi connectivity index (χ2v) is 11.8. The van der Waals surface area contributed by atoms with Crippen LogP contribution in [0.1, 0.15) is 57.2 Å². The van der Waals surface area contributed by atoms with E-state index in [1.165, 1.54) is 11.1 Å². The number of nitrogens with zero attached hydrogens (tertiary/aromatic N) is 3. The van der Waals surface area contributed by atoms with Crippen LogP contribution in [0.15, 0.2) is 60.7 Å². The summed E-state index contributed by atoms with van der Waals surface area (Å²) in [4.78, 5) is 20.1. The summed E-state index contributed by atoms with van der Waals surface area (Å²) in [5.74, 6) is 0.0403. The van der Waals surface area contributed by atoms with Crippen molar-refractivity contribution in [2.75, 3.05) is 32.7 Å². The van der Waals surface area contributed by atoms with Crippen molar-refractivity contribution in [2.24, 2.45) is 5.41 Å². The fourth-order valence-electron chi connectivity index (χ4n) is 5.84. The molecule has 2 aromatic rings. The molecule has 0 spiro atoms. The quantitative estimate of drug-likeness (QED) is 0.604. The van der Waals surface area contributed by atoms with Gasteiger partial charge in [0.2, 0.25) is 5.91 Å². The highest BCUT2D eigenvalue weighted by molar-refractivity contribution is 6.45. The Hall–Kier alpha value is -2.19. The van der Waals surface area contributed by atoms with Crippen LogP contribution >= 0.6 is 0 Å². The molecular formula is C29H42BN3O3. The molecule has 0 radical (unpaired) electrons. The summed E-state index contributed by atoms with van der Waals surface area (Å²) < 4.78 is 0. The van der Waals surface area contributed by atoms with E-state index in [1.54, 1.807) is 6.82 Å². The first-order valence-electron chi connectivity index (χ1n) is 13.4. The number of piperidine rings is 1. The van der Waals surface area contributed by atoms with Gasteiger partial charge in [-0.1, -0.05) is 81.4 Å². The second-order valence-electron chi connectivity index (χ2n) is 11.8. The van der Waals surface area contributed by atoms with Crippen LogP contribution in [-0.4, -0.2) is 82.1 Å². The second kappa shape index (κ2) is 11.1. The van der Waals surface area contributed by atoms with Gasteiger partial charge in [-0.05, 0) is 49.3 Å². The predicted molar refractivity (Wildman–Crippen MR) is 145 cm³/mol. The molecule has 1 amide bonds. The number of aliphatic hydroxyl groups is 1. The smallest absolute Gasteiger partial charge is 0.376 e. The van der Waals surface area contributed by atoms with Crippen molar-refractivity contribution < 1.29 is 14.9 Å². The lowest BCUT2D eigenvalue weighted by atomic mass is 9.78. The van der Waals surface area contributed by atoms with Gasteiger partial charge in [0, 0.05) is 25.7 Å². The lowest BCUT2D eigenvalue weighted by Gasteiger charge is -2.50. The summed E-state index contributed by atoms with van der Waals surface area (Å²) in [7, 11) is -0.522. The molecule has 194 valence electrons. The van der Waals surface area contributed by atoms with Crippen molar-refractivity contribution in [1.82, 2.24) is 14.6 Å². The molecule has 4 rings (SSSR count). The maximum absolute atomic E-state index is 13.6. The molecule has 2 heterocycles. The summed E-state index contributed by atoms with van der Waals surface area (Å²) in [6.07, 6.45) is 1.16. The molecular weight excluding hydrogens is 449 g/mol. The summed E-state index contributed by atoms with van der Waals surface area (Å²) in [6.45, 7) is 11.8. The summed E-state index contributed by atoms with van der Waals surface area (Å²) in [5, 5.41) is 21.1. The lowest BCUT2D eigenvalue weighted by molar-refractivity contribution is -0.147. The monoisotopic (exact) mass is 491 g/mol. The number of hydrogen-bond donors (Lipinski definition) is 2. The predicted octanol–water partition coefficient (Wildman–Crippen LogP) is 3.66. The molecule has 0 aliphatic carbocycles. The topological polar surface area (TPSA) is 67.2 Å². The van der Waals surface area contributed by atoms with E-state index in [0.29, 0.717) is 32.5 Å². The molecule has 2 fully saturated rings. The Kier molecular flexibility index (Phi) is 8.25. The molecule has 36 heavy (non-hydrogen) atoms. The minimum absolute atomic E-state index is 0.0369. The van der Waals surface area contributed by atoms with Crippen LogP contribution < -0.4 is 0 Å². The molecule has 2 N–H and O–H groups in total. The number of rotatable bonds is 6. The summed E-state index contributed by atoms with van der Waals surface area (Å²) >= 11 is 0. The van der Waals surface area contributed by atoms with E-state index < -0.39 is 12.7 Å². The highest BCUT2D eigenvalue weighted by Crippen LogP contribution is 2.36. The van der Waals surface area contributed by atoms with E-state index >= 15 is 0 Å². The lowest BCUT2D eigenvalue weighted by Crippen LogP contribution is -2.61. The molecule has 0 saturated carbocycles. The van der Waals surface area contributed by atoms with Gasteiger partial charge in [-0.15, -0.1) is 0 Å². The van der Waals surface area contributed by atoms with E-state index in [4.69, 9.17) is 0 Å². The molecule has 1 atom stereocenters. The average molecular weight is 491 g/mol. The molecule has 2 aromatic carbocycles. The summed E-state index contributed by atoms with van der Waals surface area (Å²) in [6, 6.07) is 21.4. The van der Waals surface area contributed by atoms with Gasteiger partial charge >= 0.3 is 7.05 Å². The Morgan fingerprint density at radius 1 is 0.972 bits per heavy atom. The van der Waals surface area contributed by atoms with Gasteiger partial charge in [-0.2, -0.15) is 0 Å². The van der Waals surface area contributed by atoms with E-state index in [2.05, 4.69) is 86.3 Å². The zero-order valence-corrected chi connectivity index (χ0v) is 22.3. The van der Waals surface area contributed by atoms with Gasteiger partial charge in [0.05, 0.1) is 18.1 Å². The average Bonchev–Trinajstić information content (AvgIpc) is 2.85. The number of carbonyl (C=O) groups is 1. The van der Waals surface area contributed by atoms with Crippen molar-refractivity contribution >= 4 is 13.0 Å². The number of benzene rings is 2. The first-order chi connectivity index (χ1) is 17.1. The molecule has 2 saturated heterocycles. The fourth-order valence-corrected chi connectivity index (χ4v) is 5.84. The van der Waals surface area contributed by atoms with E-state index in [-0.39, 0.29) is 29.8 Å². The minimum Gasteiger partial charge on any atom is -0.437 e. The first kappa shape index (κ1) is 26.9. The summed E-state index contributed by atoms with van der Waals surface area (Å²) in [5.41, 5.74) is 1.41. The van der Waals surface area contributed by atoms with Crippen molar-refractivity contribution in [3.8, 4) is 0 Å². The Bertz CT molecular complexity index is 948. The van der Waals surface area contributed by atoms with Crippen LogP contribution in [-0.2, 0) is 4.79 Å². The van der Waals surface area contributed by atoms with E-state index in [0.717, 1.165) is 13.1 Å². The number of piperazine rings is 1. The Morgan fingerprint density at radius 3 is 1.97 bits per heavy atom. The van der Waals surface area contributed by atoms with Crippen molar-refractivity contribution in [1.29, 1.82) is 0 Å². The first-order valence-corrected chi connectivity index (χ1v) is 13.4. The molecule has 0 bridgehead atoms. The van der Waals surface area contributed by atoms with Gasteiger partial charge < -0.3 is 19.8 Å². The Labute approximate surface area is 217 Å². The van der Waals surface area contributed by atoms with Crippen molar-refractivity contribution in [3.05, 3.63) is 71.8 Å². The molecule has 0 unspecified atom stereocenters. The van der Waals surface area contributed by atoms with Gasteiger partial charge in [-0.3, -0.25) is 9.69 Å². The molecule has 0 aromatic heterocycles. The van der Waals surface area contributed by atoms with Crippen LogP contribution in [0.25, 0.3) is 0 Å². The zero-order chi connectivity index (χ0) is 25.9. The highest BCUT2D eigenvalue weighted by Gasteiger charge is 2.43.